The standard InChI is InChI=1S/C20H27NO/c1-13-3-4-15(5-14(13)2)9-19(22)21-20-10-16-6-17(11-20)8-18(7-16)12-20/h3-5,16-18H,6-12H2,1-2H3,(H,21,22). The van der Waals surface area contributed by atoms with E-state index in [4.69, 9.17) is 0 Å². The third-order valence-electron chi connectivity index (χ3n) is 6.38. The number of carbonyl (C=O) groups excluding carboxylic acids is 1. The van der Waals surface area contributed by atoms with Crippen LogP contribution in [0.15, 0.2) is 18.2 Å². The predicted octanol–water partition coefficient (Wildman–Crippen LogP) is 3.93. The molecule has 0 spiro atoms. The van der Waals surface area contributed by atoms with Crippen molar-refractivity contribution in [3.63, 3.8) is 0 Å². The first-order valence-electron chi connectivity index (χ1n) is 8.88. The van der Waals surface area contributed by atoms with Crippen LogP contribution in [-0.2, 0) is 11.2 Å². The monoisotopic (exact) mass is 297 g/mol. The largest absolute Gasteiger partial charge is 0.350 e. The molecule has 0 saturated heterocycles. The zero-order valence-electron chi connectivity index (χ0n) is 13.8. The van der Waals surface area contributed by atoms with Gasteiger partial charge < -0.3 is 5.32 Å². The Kier molecular flexibility index (Phi) is 3.32. The molecule has 0 heterocycles. The molecular formula is C20H27NO. The number of hydrogen-bond acceptors (Lipinski definition) is 1. The highest BCUT2D eigenvalue weighted by atomic mass is 16.1. The number of benzene rings is 1. The summed E-state index contributed by atoms with van der Waals surface area (Å²) in [5.41, 5.74) is 3.86. The van der Waals surface area contributed by atoms with Crippen molar-refractivity contribution in [3.05, 3.63) is 34.9 Å². The first kappa shape index (κ1) is 14.3. The fourth-order valence-corrected chi connectivity index (χ4v) is 5.70. The maximum absolute atomic E-state index is 12.6. The first-order valence-corrected chi connectivity index (χ1v) is 8.88. The molecule has 4 fully saturated rings. The van der Waals surface area contributed by atoms with Crippen molar-refractivity contribution in [2.24, 2.45) is 17.8 Å². The van der Waals surface area contributed by atoms with Crippen LogP contribution >= 0.6 is 0 Å². The molecule has 22 heavy (non-hydrogen) atoms. The van der Waals surface area contributed by atoms with Gasteiger partial charge in [-0.3, -0.25) is 4.79 Å². The summed E-state index contributed by atoms with van der Waals surface area (Å²) in [5, 5.41) is 3.47. The first-order chi connectivity index (χ1) is 10.5. The van der Waals surface area contributed by atoms with Crippen molar-refractivity contribution in [2.75, 3.05) is 0 Å². The van der Waals surface area contributed by atoms with E-state index in [1.54, 1.807) is 0 Å². The van der Waals surface area contributed by atoms with Crippen molar-refractivity contribution >= 4 is 5.91 Å². The van der Waals surface area contributed by atoms with Crippen LogP contribution in [0.3, 0.4) is 0 Å². The second kappa shape index (κ2) is 5.11. The molecule has 1 N–H and O–H groups in total. The van der Waals surface area contributed by atoms with E-state index in [2.05, 4.69) is 37.4 Å². The molecule has 4 aliphatic rings. The Labute approximate surface area is 133 Å². The van der Waals surface area contributed by atoms with Gasteiger partial charge in [0.2, 0.25) is 5.91 Å². The Morgan fingerprint density at radius 3 is 2.18 bits per heavy atom. The minimum absolute atomic E-state index is 0.144. The molecule has 2 nitrogen and oxygen atoms in total. The molecule has 0 aliphatic heterocycles. The van der Waals surface area contributed by atoms with Gasteiger partial charge >= 0.3 is 0 Å². The van der Waals surface area contributed by atoms with E-state index < -0.39 is 0 Å². The Bertz CT molecular complexity index is 568. The Balaban J connectivity index is 1.44. The summed E-state index contributed by atoms with van der Waals surface area (Å²) in [6, 6.07) is 6.39. The zero-order chi connectivity index (χ0) is 15.3. The van der Waals surface area contributed by atoms with Gasteiger partial charge in [0.1, 0.15) is 0 Å². The molecule has 1 amide bonds. The maximum Gasteiger partial charge on any atom is 0.224 e. The summed E-state index contributed by atoms with van der Waals surface area (Å²) in [6.45, 7) is 4.24. The van der Waals surface area contributed by atoms with Crippen LogP contribution in [0, 0.1) is 31.6 Å². The van der Waals surface area contributed by atoms with Crippen molar-refractivity contribution < 1.29 is 4.79 Å². The quantitative estimate of drug-likeness (QED) is 0.900. The fraction of sp³-hybridized carbons (Fsp3) is 0.650. The molecule has 0 radical (unpaired) electrons. The second-order valence-electron chi connectivity index (χ2n) is 8.34. The fourth-order valence-electron chi connectivity index (χ4n) is 5.70. The summed E-state index contributed by atoms with van der Waals surface area (Å²) in [4.78, 5) is 12.6. The van der Waals surface area contributed by atoms with Gasteiger partial charge in [-0.05, 0) is 86.8 Å². The molecule has 4 bridgehead atoms. The van der Waals surface area contributed by atoms with Crippen LogP contribution in [0.2, 0.25) is 0 Å². The molecule has 2 heteroatoms. The van der Waals surface area contributed by atoms with Gasteiger partial charge in [0.15, 0.2) is 0 Å². The van der Waals surface area contributed by atoms with E-state index in [0.29, 0.717) is 6.42 Å². The number of hydrogen-bond donors (Lipinski definition) is 1. The summed E-state index contributed by atoms with van der Waals surface area (Å²) < 4.78 is 0. The number of rotatable bonds is 3. The number of amides is 1. The number of aryl methyl sites for hydroxylation is 2. The van der Waals surface area contributed by atoms with Crippen molar-refractivity contribution in [1.29, 1.82) is 0 Å². The molecule has 5 rings (SSSR count). The average molecular weight is 297 g/mol. The predicted molar refractivity (Wildman–Crippen MR) is 88.7 cm³/mol. The van der Waals surface area contributed by atoms with E-state index in [9.17, 15) is 4.79 Å². The van der Waals surface area contributed by atoms with Gasteiger partial charge in [0.05, 0.1) is 6.42 Å². The Hall–Kier alpha value is -1.31. The Morgan fingerprint density at radius 1 is 1.05 bits per heavy atom. The van der Waals surface area contributed by atoms with E-state index >= 15 is 0 Å². The molecule has 1 aromatic rings. The summed E-state index contributed by atoms with van der Waals surface area (Å²) >= 11 is 0. The lowest BCUT2D eigenvalue weighted by atomic mass is 9.53. The van der Waals surface area contributed by atoms with E-state index in [0.717, 1.165) is 23.3 Å². The highest BCUT2D eigenvalue weighted by Gasteiger charge is 2.51. The van der Waals surface area contributed by atoms with Crippen LogP contribution in [0.5, 0.6) is 0 Å². The number of nitrogens with one attached hydrogen (secondary N) is 1. The van der Waals surface area contributed by atoms with Crippen LogP contribution in [-0.4, -0.2) is 11.4 Å². The van der Waals surface area contributed by atoms with Crippen molar-refractivity contribution in [2.45, 2.75) is 64.3 Å². The second-order valence-corrected chi connectivity index (χ2v) is 8.34. The summed E-state index contributed by atoms with van der Waals surface area (Å²) in [6.07, 6.45) is 8.50. The lowest BCUT2D eigenvalue weighted by Crippen LogP contribution is -2.60. The van der Waals surface area contributed by atoms with Gasteiger partial charge in [-0.2, -0.15) is 0 Å². The normalized spacial score (nSPS) is 35.6. The minimum atomic E-state index is 0.144. The van der Waals surface area contributed by atoms with Crippen LogP contribution < -0.4 is 5.32 Å². The average Bonchev–Trinajstić information content (AvgIpc) is 2.40. The van der Waals surface area contributed by atoms with Gasteiger partial charge in [-0.15, -0.1) is 0 Å². The lowest BCUT2D eigenvalue weighted by Gasteiger charge is -2.56. The lowest BCUT2D eigenvalue weighted by molar-refractivity contribution is -0.126. The highest BCUT2D eigenvalue weighted by molar-refractivity contribution is 5.79. The van der Waals surface area contributed by atoms with Crippen LogP contribution in [0.4, 0.5) is 0 Å². The van der Waals surface area contributed by atoms with Crippen LogP contribution in [0.25, 0.3) is 0 Å². The zero-order valence-corrected chi connectivity index (χ0v) is 13.8. The molecule has 0 aromatic heterocycles. The van der Waals surface area contributed by atoms with E-state index in [-0.39, 0.29) is 11.4 Å². The highest BCUT2D eigenvalue weighted by Crippen LogP contribution is 2.55. The van der Waals surface area contributed by atoms with Gasteiger partial charge in [-0.1, -0.05) is 18.2 Å². The van der Waals surface area contributed by atoms with Crippen LogP contribution in [0.1, 0.15) is 55.2 Å². The minimum Gasteiger partial charge on any atom is -0.350 e. The third-order valence-corrected chi connectivity index (χ3v) is 6.38. The molecule has 4 saturated carbocycles. The maximum atomic E-state index is 12.6. The smallest absolute Gasteiger partial charge is 0.224 e. The van der Waals surface area contributed by atoms with Gasteiger partial charge in [-0.25, -0.2) is 0 Å². The molecule has 0 atom stereocenters. The SMILES string of the molecule is Cc1ccc(CC(=O)NC23CC4CC(CC(C4)C2)C3)cc1C. The molecule has 0 unspecified atom stereocenters. The summed E-state index contributed by atoms with van der Waals surface area (Å²) in [7, 11) is 0. The van der Waals surface area contributed by atoms with E-state index in [1.807, 2.05) is 0 Å². The third kappa shape index (κ3) is 2.57. The Morgan fingerprint density at radius 2 is 1.64 bits per heavy atom. The van der Waals surface area contributed by atoms with Crippen molar-refractivity contribution in [3.8, 4) is 0 Å². The van der Waals surface area contributed by atoms with E-state index in [1.165, 1.54) is 49.7 Å². The topological polar surface area (TPSA) is 29.1 Å². The van der Waals surface area contributed by atoms with Gasteiger partial charge in [0.25, 0.3) is 0 Å². The molecular weight excluding hydrogens is 270 g/mol. The molecule has 118 valence electrons. The molecule has 4 aliphatic carbocycles. The van der Waals surface area contributed by atoms with Gasteiger partial charge in [0, 0.05) is 5.54 Å². The molecule has 1 aromatic carbocycles. The summed E-state index contributed by atoms with van der Waals surface area (Å²) in [5.74, 6) is 2.87. The van der Waals surface area contributed by atoms with Crippen molar-refractivity contribution in [1.82, 2.24) is 5.32 Å². The number of carbonyl (C=O) groups is 1.